The molecule has 0 aromatic carbocycles. The SMILES string of the molecule is O=C(O)c1nc(Cl)c(Cl)cc1NC(O)c1ccc(-n2ccnc2)nn1. The molecule has 3 rings (SSSR count). The van der Waals surface area contributed by atoms with Gasteiger partial charge in [0.2, 0.25) is 0 Å². The predicted octanol–water partition coefficient (Wildman–Crippen LogP) is 2.17. The van der Waals surface area contributed by atoms with Crippen LogP contribution >= 0.6 is 23.2 Å². The molecule has 128 valence electrons. The summed E-state index contributed by atoms with van der Waals surface area (Å²) >= 11 is 11.6. The van der Waals surface area contributed by atoms with Crippen LogP contribution in [0.4, 0.5) is 5.69 Å². The molecule has 0 amide bonds. The van der Waals surface area contributed by atoms with Crippen molar-refractivity contribution in [1.29, 1.82) is 0 Å². The second-order valence-electron chi connectivity index (χ2n) is 4.80. The van der Waals surface area contributed by atoms with Gasteiger partial charge in [0, 0.05) is 12.4 Å². The van der Waals surface area contributed by atoms with E-state index in [9.17, 15) is 15.0 Å². The van der Waals surface area contributed by atoms with Crippen LogP contribution < -0.4 is 5.32 Å². The lowest BCUT2D eigenvalue weighted by atomic mass is 10.2. The molecule has 9 nitrogen and oxygen atoms in total. The number of hydrogen-bond acceptors (Lipinski definition) is 7. The number of aliphatic hydroxyl groups is 1. The molecule has 0 radical (unpaired) electrons. The van der Waals surface area contributed by atoms with Crippen molar-refractivity contribution >= 4 is 34.9 Å². The van der Waals surface area contributed by atoms with E-state index < -0.39 is 12.2 Å². The largest absolute Gasteiger partial charge is 0.476 e. The molecule has 0 aliphatic rings. The molecule has 0 fully saturated rings. The van der Waals surface area contributed by atoms with Crippen molar-refractivity contribution in [2.45, 2.75) is 6.23 Å². The third-order valence-electron chi connectivity index (χ3n) is 3.15. The minimum atomic E-state index is -1.33. The van der Waals surface area contributed by atoms with Crippen LogP contribution in [0.25, 0.3) is 5.82 Å². The van der Waals surface area contributed by atoms with E-state index in [0.717, 1.165) is 0 Å². The van der Waals surface area contributed by atoms with Crippen molar-refractivity contribution in [2.75, 3.05) is 5.32 Å². The number of carboxylic acid groups (broad SMARTS) is 1. The van der Waals surface area contributed by atoms with Crippen molar-refractivity contribution in [3.63, 3.8) is 0 Å². The highest BCUT2D eigenvalue weighted by Crippen LogP contribution is 2.28. The number of carboxylic acids is 1. The second kappa shape index (κ2) is 7.01. The fourth-order valence-corrected chi connectivity index (χ4v) is 2.26. The Labute approximate surface area is 150 Å². The van der Waals surface area contributed by atoms with E-state index in [1.165, 1.54) is 12.1 Å². The Bertz CT molecular complexity index is 902. The number of aromatic carboxylic acids is 1. The molecule has 3 heterocycles. The lowest BCUT2D eigenvalue weighted by molar-refractivity contribution is 0.0691. The van der Waals surface area contributed by atoms with E-state index in [2.05, 4.69) is 25.5 Å². The van der Waals surface area contributed by atoms with Crippen molar-refractivity contribution in [3.05, 3.63) is 58.5 Å². The molecule has 0 aliphatic carbocycles. The number of nitrogens with zero attached hydrogens (tertiary/aromatic N) is 5. The smallest absolute Gasteiger partial charge is 0.356 e. The molecule has 3 aromatic rings. The number of halogens is 2. The van der Waals surface area contributed by atoms with Gasteiger partial charge in [-0.25, -0.2) is 14.8 Å². The third kappa shape index (κ3) is 3.68. The molecule has 1 atom stereocenters. The van der Waals surface area contributed by atoms with E-state index in [1.807, 2.05) is 0 Å². The average Bonchev–Trinajstić information content (AvgIpc) is 3.12. The topological polar surface area (TPSA) is 126 Å². The van der Waals surface area contributed by atoms with E-state index >= 15 is 0 Å². The van der Waals surface area contributed by atoms with Crippen LogP contribution in [0.3, 0.4) is 0 Å². The number of aliphatic hydroxyl groups excluding tert-OH is 1. The minimum absolute atomic E-state index is 0.00474. The maximum atomic E-state index is 11.3. The third-order valence-corrected chi connectivity index (χ3v) is 3.82. The molecular weight excluding hydrogens is 371 g/mol. The van der Waals surface area contributed by atoms with Crippen LogP contribution in [0.15, 0.2) is 36.9 Å². The number of pyridine rings is 1. The molecule has 0 aliphatic heterocycles. The summed E-state index contributed by atoms with van der Waals surface area (Å²) in [7, 11) is 0. The molecule has 1 unspecified atom stereocenters. The van der Waals surface area contributed by atoms with Gasteiger partial charge in [-0.3, -0.25) is 4.57 Å². The van der Waals surface area contributed by atoms with Gasteiger partial charge in [-0.2, -0.15) is 0 Å². The number of anilines is 1. The van der Waals surface area contributed by atoms with E-state index in [1.54, 1.807) is 29.4 Å². The van der Waals surface area contributed by atoms with Gasteiger partial charge >= 0.3 is 5.97 Å². The van der Waals surface area contributed by atoms with Gasteiger partial charge < -0.3 is 15.5 Å². The fraction of sp³-hybridized carbons (Fsp3) is 0.0714. The van der Waals surface area contributed by atoms with E-state index in [0.29, 0.717) is 5.82 Å². The highest BCUT2D eigenvalue weighted by molar-refractivity contribution is 6.41. The van der Waals surface area contributed by atoms with Crippen LogP contribution in [0, 0.1) is 0 Å². The monoisotopic (exact) mass is 380 g/mol. The molecule has 0 spiro atoms. The highest BCUT2D eigenvalue weighted by atomic mass is 35.5. The Balaban J connectivity index is 1.84. The number of carbonyl (C=O) groups is 1. The van der Waals surface area contributed by atoms with E-state index in [4.69, 9.17) is 23.2 Å². The molecule has 25 heavy (non-hydrogen) atoms. The summed E-state index contributed by atoms with van der Waals surface area (Å²) in [6, 6.07) is 4.42. The Kier molecular flexibility index (Phi) is 4.79. The zero-order valence-corrected chi connectivity index (χ0v) is 13.8. The first-order valence-corrected chi connectivity index (χ1v) is 7.57. The Hall–Kier alpha value is -2.75. The highest BCUT2D eigenvalue weighted by Gasteiger charge is 2.19. The molecule has 0 saturated carbocycles. The molecule has 0 saturated heterocycles. The number of hydrogen-bond donors (Lipinski definition) is 3. The van der Waals surface area contributed by atoms with Crippen LogP contribution in [-0.4, -0.2) is 40.9 Å². The first-order valence-electron chi connectivity index (χ1n) is 6.81. The quantitative estimate of drug-likeness (QED) is 0.454. The lowest BCUT2D eigenvalue weighted by Gasteiger charge is -2.15. The summed E-state index contributed by atoms with van der Waals surface area (Å²) in [4.78, 5) is 18.8. The number of aromatic nitrogens is 5. The maximum Gasteiger partial charge on any atom is 0.356 e. The molecule has 0 bridgehead atoms. The van der Waals surface area contributed by atoms with Crippen molar-refractivity contribution < 1.29 is 15.0 Å². The summed E-state index contributed by atoms with van der Waals surface area (Å²) in [5.41, 5.74) is -0.211. The van der Waals surface area contributed by atoms with Crippen LogP contribution in [-0.2, 0) is 0 Å². The predicted molar refractivity (Wildman–Crippen MR) is 89.0 cm³/mol. The lowest BCUT2D eigenvalue weighted by Crippen LogP contribution is -2.16. The van der Waals surface area contributed by atoms with Crippen LogP contribution in [0.2, 0.25) is 10.2 Å². The van der Waals surface area contributed by atoms with E-state index in [-0.39, 0.29) is 27.3 Å². The van der Waals surface area contributed by atoms with Crippen LogP contribution in [0.5, 0.6) is 0 Å². The first kappa shape index (κ1) is 17.1. The number of nitrogens with one attached hydrogen (secondary N) is 1. The van der Waals surface area contributed by atoms with Gasteiger partial charge in [0.15, 0.2) is 17.7 Å². The molecular formula is C14H10Cl2N6O3. The van der Waals surface area contributed by atoms with Gasteiger partial charge in [0.1, 0.15) is 17.2 Å². The average molecular weight is 381 g/mol. The summed E-state index contributed by atoms with van der Waals surface area (Å²) in [5.74, 6) is -0.814. The zero-order chi connectivity index (χ0) is 18.0. The van der Waals surface area contributed by atoms with Gasteiger partial charge in [-0.1, -0.05) is 23.2 Å². The number of rotatable bonds is 5. The minimum Gasteiger partial charge on any atom is -0.476 e. The summed E-state index contributed by atoms with van der Waals surface area (Å²) in [6.07, 6.45) is 3.51. The Morgan fingerprint density at radius 2 is 2.08 bits per heavy atom. The molecule has 3 aromatic heterocycles. The molecule has 3 N–H and O–H groups in total. The van der Waals surface area contributed by atoms with Gasteiger partial charge in [0.05, 0.1) is 10.7 Å². The van der Waals surface area contributed by atoms with Gasteiger partial charge in [-0.05, 0) is 18.2 Å². The summed E-state index contributed by atoms with van der Waals surface area (Å²) < 4.78 is 1.64. The van der Waals surface area contributed by atoms with Crippen LogP contribution in [0.1, 0.15) is 22.4 Å². The van der Waals surface area contributed by atoms with Crippen molar-refractivity contribution in [3.8, 4) is 5.82 Å². The van der Waals surface area contributed by atoms with Gasteiger partial charge in [-0.15, -0.1) is 10.2 Å². The second-order valence-corrected chi connectivity index (χ2v) is 5.56. The standard InChI is InChI=1S/C14H10Cl2N6O3/c15-7-5-9(11(14(24)25)19-12(7)16)18-13(23)8-1-2-10(21-20-8)22-4-3-17-6-22/h1-6,13,18,23H,(H,24,25). The zero-order valence-electron chi connectivity index (χ0n) is 12.3. The summed E-state index contributed by atoms with van der Waals surface area (Å²) in [5, 5.41) is 29.8. The Morgan fingerprint density at radius 3 is 2.68 bits per heavy atom. The molecule has 11 heteroatoms. The van der Waals surface area contributed by atoms with Crippen molar-refractivity contribution in [1.82, 2.24) is 24.7 Å². The Morgan fingerprint density at radius 1 is 1.28 bits per heavy atom. The normalized spacial score (nSPS) is 12.0. The van der Waals surface area contributed by atoms with Gasteiger partial charge in [0.25, 0.3) is 0 Å². The fourth-order valence-electron chi connectivity index (χ4n) is 1.97. The first-order chi connectivity index (χ1) is 12.0. The maximum absolute atomic E-state index is 11.3. The summed E-state index contributed by atoms with van der Waals surface area (Å²) in [6.45, 7) is 0. The number of imidazole rings is 1. The van der Waals surface area contributed by atoms with Crippen molar-refractivity contribution in [2.24, 2.45) is 0 Å².